The van der Waals surface area contributed by atoms with E-state index in [-0.39, 0.29) is 0 Å². The third-order valence-corrected chi connectivity index (χ3v) is 8.48. The van der Waals surface area contributed by atoms with E-state index in [4.69, 9.17) is 0 Å². The fourth-order valence-corrected chi connectivity index (χ4v) is 6.27. The summed E-state index contributed by atoms with van der Waals surface area (Å²) in [5, 5.41) is 1.66. The lowest BCUT2D eigenvalue weighted by Crippen LogP contribution is -2.15. The Bertz CT molecular complexity index is 957. The Labute approximate surface area is 160 Å². The van der Waals surface area contributed by atoms with Gasteiger partial charge in [0, 0.05) is 5.54 Å². The van der Waals surface area contributed by atoms with Crippen molar-refractivity contribution in [1.29, 1.82) is 0 Å². The molecule has 0 saturated carbocycles. The molecule has 0 aliphatic heterocycles. The molecule has 2 atom stereocenters. The minimum atomic E-state index is 0.541. The lowest BCUT2D eigenvalue weighted by Gasteiger charge is -2.19. The van der Waals surface area contributed by atoms with Crippen LogP contribution in [-0.4, -0.2) is 9.52 Å². The van der Waals surface area contributed by atoms with E-state index in [2.05, 4.69) is 89.2 Å². The van der Waals surface area contributed by atoms with Gasteiger partial charge in [0.2, 0.25) is 0 Å². The molecule has 0 bridgehead atoms. The molecule has 2 aliphatic carbocycles. The fourth-order valence-electron chi connectivity index (χ4n) is 4.37. The van der Waals surface area contributed by atoms with Gasteiger partial charge in [0.15, 0.2) is 0 Å². The SMILES string of the molecule is CC1=Cc2c(-c3ccccc3)cccc2C1[Si]C1=C(C)C(C)=C(C)C1C. The summed E-state index contributed by atoms with van der Waals surface area (Å²) in [6, 6.07) is 17.6. The van der Waals surface area contributed by atoms with E-state index < -0.39 is 0 Å². The molecule has 2 aromatic rings. The van der Waals surface area contributed by atoms with Gasteiger partial charge in [-0.25, -0.2) is 0 Å². The first-order valence-electron chi connectivity index (χ1n) is 9.50. The van der Waals surface area contributed by atoms with Crippen LogP contribution in [0.3, 0.4) is 0 Å². The molecule has 0 N–H and O–H groups in total. The average Bonchev–Trinajstić information content (AvgIpc) is 3.07. The molecule has 0 fully saturated rings. The van der Waals surface area contributed by atoms with Crippen molar-refractivity contribution in [2.75, 3.05) is 0 Å². The van der Waals surface area contributed by atoms with Crippen molar-refractivity contribution in [1.82, 2.24) is 0 Å². The van der Waals surface area contributed by atoms with Crippen LogP contribution in [-0.2, 0) is 0 Å². The highest BCUT2D eigenvalue weighted by molar-refractivity contribution is 6.49. The van der Waals surface area contributed by atoms with E-state index in [0.717, 1.165) is 9.52 Å². The highest BCUT2D eigenvalue weighted by atomic mass is 28.2. The normalized spacial score (nSPS) is 22.1. The van der Waals surface area contributed by atoms with Gasteiger partial charge in [-0.05, 0) is 61.4 Å². The molecule has 26 heavy (non-hydrogen) atoms. The summed E-state index contributed by atoms with van der Waals surface area (Å²) in [7, 11) is 0.843. The van der Waals surface area contributed by atoms with Gasteiger partial charge in [-0.1, -0.05) is 83.4 Å². The maximum Gasteiger partial charge on any atom is 0.0899 e. The minimum Gasteiger partial charge on any atom is -0.0744 e. The third kappa shape index (κ3) is 2.66. The molecular formula is C25H26Si. The van der Waals surface area contributed by atoms with Gasteiger partial charge in [-0.3, -0.25) is 0 Å². The molecule has 0 spiro atoms. The Morgan fingerprint density at radius 3 is 2.19 bits per heavy atom. The zero-order chi connectivity index (χ0) is 18.4. The summed E-state index contributed by atoms with van der Waals surface area (Å²) in [5.41, 5.74) is 12.3. The molecule has 2 aliphatic rings. The average molecular weight is 355 g/mol. The molecule has 2 unspecified atom stereocenters. The van der Waals surface area contributed by atoms with Crippen molar-refractivity contribution in [3.63, 3.8) is 0 Å². The van der Waals surface area contributed by atoms with Crippen LogP contribution in [0, 0.1) is 5.92 Å². The Kier molecular flexibility index (Phi) is 4.36. The maximum absolute atomic E-state index is 2.43. The Hall–Kier alpha value is -2.12. The molecule has 0 amide bonds. The van der Waals surface area contributed by atoms with Gasteiger partial charge >= 0.3 is 0 Å². The van der Waals surface area contributed by atoms with Crippen LogP contribution >= 0.6 is 0 Å². The van der Waals surface area contributed by atoms with Gasteiger partial charge in [-0.2, -0.15) is 0 Å². The van der Waals surface area contributed by atoms with Crippen LogP contribution < -0.4 is 0 Å². The van der Waals surface area contributed by atoms with Gasteiger partial charge < -0.3 is 0 Å². The van der Waals surface area contributed by atoms with Crippen molar-refractivity contribution in [2.24, 2.45) is 5.92 Å². The van der Waals surface area contributed by atoms with Crippen molar-refractivity contribution in [3.8, 4) is 11.1 Å². The molecular weight excluding hydrogens is 328 g/mol. The molecule has 2 aromatic carbocycles. The van der Waals surface area contributed by atoms with Gasteiger partial charge in [0.05, 0.1) is 9.52 Å². The standard InChI is InChI=1S/C25H26Si/c1-15-14-23-21(20-10-7-6-8-11-20)12-9-13-22(23)24(15)26-25-18(4)16(2)17(3)19(25)5/h6-14,18,24H,1-5H3. The Morgan fingerprint density at radius 2 is 1.54 bits per heavy atom. The highest BCUT2D eigenvalue weighted by Crippen LogP contribution is 2.44. The van der Waals surface area contributed by atoms with E-state index >= 15 is 0 Å². The van der Waals surface area contributed by atoms with Gasteiger partial charge in [0.25, 0.3) is 0 Å². The molecule has 130 valence electrons. The number of rotatable bonds is 3. The highest BCUT2D eigenvalue weighted by Gasteiger charge is 2.31. The second kappa shape index (κ2) is 6.55. The van der Waals surface area contributed by atoms with Crippen LogP contribution in [0.5, 0.6) is 0 Å². The lowest BCUT2D eigenvalue weighted by molar-refractivity contribution is 0.850. The molecule has 0 heterocycles. The number of hydrogen-bond donors (Lipinski definition) is 0. The number of fused-ring (bicyclic) bond motifs is 1. The molecule has 0 nitrogen and oxygen atoms in total. The number of allylic oxidation sites excluding steroid dienone is 5. The van der Waals surface area contributed by atoms with Crippen molar-refractivity contribution in [2.45, 2.75) is 40.2 Å². The summed E-state index contributed by atoms with van der Waals surface area (Å²) < 4.78 is 0. The van der Waals surface area contributed by atoms with Crippen molar-refractivity contribution >= 4 is 15.6 Å². The number of hydrogen-bond acceptors (Lipinski definition) is 0. The second-order valence-corrected chi connectivity index (χ2v) is 9.11. The maximum atomic E-state index is 2.43. The van der Waals surface area contributed by atoms with Crippen LogP contribution in [0.4, 0.5) is 0 Å². The van der Waals surface area contributed by atoms with Crippen LogP contribution in [0.2, 0.25) is 0 Å². The third-order valence-electron chi connectivity index (χ3n) is 6.30. The molecule has 2 radical (unpaired) electrons. The Morgan fingerprint density at radius 1 is 0.808 bits per heavy atom. The largest absolute Gasteiger partial charge is 0.0899 e. The molecule has 0 aromatic heterocycles. The molecule has 1 heteroatoms. The molecule has 4 rings (SSSR count). The van der Waals surface area contributed by atoms with Crippen molar-refractivity contribution < 1.29 is 0 Å². The first-order valence-corrected chi connectivity index (χ1v) is 10.6. The van der Waals surface area contributed by atoms with E-state index in [1.165, 1.54) is 39.0 Å². The van der Waals surface area contributed by atoms with E-state index in [9.17, 15) is 0 Å². The quantitative estimate of drug-likeness (QED) is 0.533. The summed E-state index contributed by atoms with van der Waals surface area (Å²) in [6.07, 6.45) is 2.43. The minimum absolute atomic E-state index is 0.541. The fraction of sp³-hybridized carbons (Fsp3) is 0.280. The molecule has 0 saturated heterocycles. The lowest BCUT2D eigenvalue weighted by atomic mass is 9.97. The van der Waals surface area contributed by atoms with Crippen LogP contribution in [0.25, 0.3) is 17.2 Å². The smallest absolute Gasteiger partial charge is 0.0744 e. The van der Waals surface area contributed by atoms with Crippen LogP contribution in [0.15, 0.2) is 76.0 Å². The van der Waals surface area contributed by atoms with E-state index in [1.54, 1.807) is 10.8 Å². The van der Waals surface area contributed by atoms with Gasteiger partial charge in [-0.15, -0.1) is 0 Å². The van der Waals surface area contributed by atoms with E-state index in [0.29, 0.717) is 11.5 Å². The zero-order valence-corrected chi connectivity index (χ0v) is 17.4. The summed E-state index contributed by atoms with van der Waals surface area (Å²) >= 11 is 0. The number of benzene rings is 2. The second-order valence-electron chi connectivity index (χ2n) is 7.71. The Balaban J connectivity index is 1.73. The van der Waals surface area contributed by atoms with Gasteiger partial charge in [0.1, 0.15) is 0 Å². The first kappa shape index (κ1) is 17.3. The topological polar surface area (TPSA) is 0 Å². The van der Waals surface area contributed by atoms with E-state index in [1.807, 2.05) is 0 Å². The predicted molar refractivity (Wildman–Crippen MR) is 114 cm³/mol. The van der Waals surface area contributed by atoms with Crippen molar-refractivity contribution in [3.05, 3.63) is 87.1 Å². The van der Waals surface area contributed by atoms with Crippen LogP contribution in [0.1, 0.15) is 51.3 Å². The predicted octanol–water partition coefficient (Wildman–Crippen LogP) is 6.78. The summed E-state index contributed by atoms with van der Waals surface area (Å²) in [5.74, 6) is 0.600. The monoisotopic (exact) mass is 354 g/mol. The summed E-state index contributed by atoms with van der Waals surface area (Å²) in [6.45, 7) is 11.6. The zero-order valence-electron chi connectivity index (χ0n) is 16.4. The first-order chi connectivity index (χ1) is 12.5. The summed E-state index contributed by atoms with van der Waals surface area (Å²) in [4.78, 5) is 0.